The Bertz CT molecular complexity index is 369. The highest BCUT2D eigenvalue weighted by Gasteiger charge is 2.22. The van der Waals surface area contributed by atoms with Gasteiger partial charge in [-0.15, -0.1) is 0 Å². The van der Waals surface area contributed by atoms with E-state index in [1.807, 2.05) is 6.92 Å². The van der Waals surface area contributed by atoms with E-state index in [1.54, 1.807) is 0 Å². The average Bonchev–Trinajstić information content (AvgIpc) is 3.20. The van der Waals surface area contributed by atoms with Crippen molar-refractivity contribution >= 4 is 17.9 Å². The van der Waals surface area contributed by atoms with Crippen LogP contribution in [0, 0.1) is 5.92 Å². The van der Waals surface area contributed by atoms with Crippen LogP contribution in [0.3, 0.4) is 0 Å². The second-order valence-corrected chi connectivity index (χ2v) is 5.60. The van der Waals surface area contributed by atoms with Gasteiger partial charge in [0.25, 0.3) is 0 Å². The number of carboxylic acids is 1. The molecule has 0 bridgehead atoms. The summed E-state index contributed by atoms with van der Waals surface area (Å²) in [6, 6.07) is 0.0540. The van der Waals surface area contributed by atoms with Crippen LogP contribution in [0.1, 0.15) is 45.4 Å². The smallest absolute Gasteiger partial charge is 0.314 e. The van der Waals surface area contributed by atoms with Crippen molar-refractivity contribution in [2.75, 3.05) is 13.1 Å². The Morgan fingerprint density at radius 3 is 2.38 bits per heavy atom. The molecule has 1 unspecified atom stereocenters. The number of carbonyl (C=O) groups excluding carboxylic acids is 2. The first-order valence-corrected chi connectivity index (χ1v) is 7.50. The van der Waals surface area contributed by atoms with E-state index in [0.29, 0.717) is 32.0 Å². The molecule has 21 heavy (non-hydrogen) atoms. The molecule has 0 saturated heterocycles. The number of urea groups is 1. The van der Waals surface area contributed by atoms with Crippen LogP contribution in [0.2, 0.25) is 0 Å². The summed E-state index contributed by atoms with van der Waals surface area (Å²) in [5, 5.41) is 16.7. The first-order valence-electron chi connectivity index (χ1n) is 7.50. The van der Waals surface area contributed by atoms with Crippen molar-refractivity contribution in [2.24, 2.45) is 5.92 Å². The summed E-state index contributed by atoms with van der Waals surface area (Å²) >= 11 is 0. The molecule has 1 aliphatic carbocycles. The third-order valence-corrected chi connectivity index (χ3v) is 3.35. The topological polar surface area (TPSA) is 108 Å². The minimum absolute atomic E-state index is 0.0277. The van der Waals surface area contributed by atoms with E-state index in [4.69, 9.17) is 5.11 Å². The number of nitrogens with one attached hydrogen (secondary N) is 3. The van der Waals surface area contributed by atoms with E-state index in [1.165, 1.54) is 0 Å². The van der Waals surface area contributed by atoms with E-state index in [9.17, 15) is 14.4 Å². The number of hydrogen-bond donors (Lipinski definition) is 4. The molecule has 0 aromatic heterocycles. The summed E-state index contributed by atoms with van der Waals surface area (Å²) < 4.78 is 0. The zero-order valence-corrected chi connectivity index (χ0v) is 12.5. The van der Waals surface area contributed by atoms with Gasteiger partial charge in [-0.05, 0) is 31.6 Å². The Morgan fingerprint density at radius 1 is 1.10 bits per heavy atom. The molecule has 1 atom stereocenters. The van der Waals surface area contributed by atoms with Crippen LogP contribution in [-0.4, -0.2) is 42.1 Å². The minimum Gasteiger partial charge on any atom is -0.481 e. The molecule has 1 saturated carbocycles. The molecule has 0 radical (unpaired) electrons. The van der Waals surface area contributed by atoms with Crippen LogP contribution in [0.25, 0.3) is 0 Å². The van der Waals surface area contributed by atoms with Gasteiger partial charge >= 0.3 is 12.0 Å². The molecular weight excluding hydrogens is 274 g/mol. The molecule has 0 aromatic carbocycles. The Hall–Kier alpha value is -1.79. The first kappa shape index (κ1) is 17.3. The number of aliphatic carboxylic acids is 1. The quantitative estimate of drug-likeness (QED) is 0.479. The SMILES string of the molecule is CC(CCNC(=O)NCCC(=O)NC1CC1)CCC(=O)O. The van der Waals surface area contributed by atoms with Crippen LogP contribution in [0.5, 0.6) is 0 Å². The predicted octanol–water partition coefficient (Wildman–Crippen LogP) is 0.845. The van der Waals surface area contributed by atoms with Gasteiger partial charge in [0.05, 0.1) is 0 Å². The highest BCUT2D eigenvalue weighted by molar-refractivity contribution is 5.78. The van der Waals surface area contributed by atoms with E-state index in [-0.39, 0.29) is 24.3 Å². The van der Waals surface area contributed by atoms with Crippen molar-refractivity contribution < 1.29 is 19.5 Å². The fraction of sp³-hybridized carbons (Fsp3) is 0.786. The molecule has 0 spiro atoms. The zero-order valence-electron chi connectivity index (χ0n) is 12.5. The molecule has 1 fully saturated rings. The molecule has 3 amide bonds. The van der Waals surface area contributed by atoms with E-state index in [0.717, 1.165) is 19.3 Å². The monoisotopic (exact) mass is 299 g/mol. The zero-order chi connectivity index (χ0) is 15.7. The van der Waals surface area contributed by atoms with Gasteiger partial charge < -0.3 is 21.1 Å². The molecule has 0 aliphatic heterocycles. The standard InChI is InChI=1S/C14H25N3O4/c1-10(2-5-13(19)20)6-8-15-14(21)16-9-7-12(18)17-11-3-4-11/h10-11H,2-9H2,1H3,(H,17,18)(H,19,20)(H2,15,16,21). The third kappa shape index (κ3) is 9.70. The van der Waals surface area contributed by atoms with Crippen LogP contribution in [0.4, 0.5) is 4.79 Å². The van der Waals surface area contributed by atoms with Crippen molar-refractivity contribution in [1.29, 1.82) is 0 Å². The Balaban J connectivity index is 1.95. The number of carbonyl (C=O) groups is 3. The molecule has 120 valence electrons. The van der Waals surface area contributed by atoms with Gasteiger partial charge in [-0.25, -0.2) is 4.79 Å². The van der Waals surface area contributed by atoms with Gasteiger partial charge in [-0.3, -0.25) is 9.59 Å². The van der Waals surface area contributed by atoms with Gasteiger partial charge in [0, 0.05) is 32.0 Å². The summed E-state index contributed by atoms with van der Waals surface area (Å²) in [5.74, 6) is -0.567. The fourth-order valence-electron chi connectivity index (χ4n) is 1.83. The molecular formula is C14H25N3O4. The lowest BCUT2D eigenvalue weighted by Crippen LogP contribution is -2.38. The lowest BCUT2D eigenvalue weighted by atomic mass is 10.0. The van der Waals surface area contributed by atoms with Gasteiger partial charge in [0.1, 0.15) is 0 Å². The maximum absolute atomic E-state index is 11.5. The van der Waals surface area contributed by atoms with Crippen molar-refractivity contribution in [1.82, 2.24) is 16.0 Å². The van der Waals surface area contributed by atoms with Crippen molar-refractivity contribution in [3.63, 3.8) is 0 Å². The summed E-state index contributed by atoms with van der Waals surface area (Å²) in [5.41, 5.74) is 0. The van der Waals surface area contributed by atoms with E-state index in [2.05, 4.69) is 16.0 Å². The van der Waals surface area contributed by atoms with Crippen LogP contribution >= 0.6 is 0 Å². The summed E-state index contributed by atoms with van der Waals surface area (Å²) in [6.07, 6.45) is 3.91. The molecule has 0 aromatic rings. The number of amides is 3. The van der Waals surface area contributed by atoms with Gasteiger partial charge in [-0.2, -0.15) is 0 Å². The Labute approximate surface area is 124 Å². The average molecular weight is 299 g/mol. The molecule has 7 heteroatoms. The van der Waals surface area contributed by atoms with Gasteiger partial charge in [0.15, 0.2) is 0 Å². The summed E-state index contributed by atoms with van der Waals surface area (Å²) in [4.78, 5) is 33.3. The van der Waals surface area contributed by atoms with Crippen molar-refractivity contribution in [3.05, 3.63) is 0 Å². The number of hydrogen-bond acceptors (Lipinski definition) is 3. The highest BCUT2D eigenvalue weighted by atomic mass is 16.4. The highest BCUT2D eigenvalue weighted by Crippen LogP contribution is 2.18. The second-order valence-electron chi connectivity index (χ2n) is 5.60. The Kier molecular flexibility index (Phi) is 7.56. The third-order valence-electron chi connectivity index (χ3n) is 3.35. The van der Waals surface area contributed by atoms with Crippen LogP contribution < -0.4 is 16.0 Å². The lowest BCUT2D eigenvalue weighted by Gasteiger charge is -2.11. The summed E-state index contributed by atoms with van der Waals surface area (Å²) in [7, 11) is 0. The van der Waals surface area contributed by atoms with Crippen LogP contribution in [-0.2, 0) is 9.59 Å². The second kappa shape index (κ2) is 9.20. The maximum atomic E-state index is 11.5. The normalized spacial score (nSPS) is 15.1. The lowest BCUT2D eigenvalue weighted by molar-refractivity contribution is -0.137. The van der Waals surface area contributed by atoms with Gasteiger partial charge in [-0.1, -0.05) is 6.92 Å². The molecule has 1 aliphatic rings. The van der Waals surface area contributed by atoms with Crippen molar-refractivity contribution in [3.8, 4) is 0 Å². The fourth-order valence-corrected chi connectivity index (χ4v) is 1.83. The molecule has 7 nitrogen and oxygen atoms in total. The minimum atomic E-state index is -0.794. The number of carboxylic acid groups (broad SMARTS) is 1. The van der Waals surface area contributed by atoms with Gasteiger partial charge in [0.2, 0.25) is 5.91 Å². The van der Waals surface area contributed by atoms with Crippen molar-refractivity contribution in [2.45, 2.75) is 51.5 Å². The summed E-state index contributed by atoms with van der Waals surface area (Å²) in [6.45, 7) is 2.78. The molecule has 0 heterocycles. The number of rotatable bonds is 10. The molecule has 1 rings (SSSR count). The Morgan fingerprint density at radius 2 is 1.76 bits per heavy atom. The maximum Gasteiger partial charge on any atom is 0.314 e. The van der Waals surface area contributed by atoms with E-state index >= 15 is 0 Å². The van der Waals surface area contributed by atoms with E-state index < -0.39 is 5.97 Å². The largest absolute Gasteiger partial charge is 0.481 e. The first-order chi connectivity index (χ1) is 9.97. The predicted molar refractivity (Wildman–Crippen MR) is 77.8 cm³/mol. The molecule has 4 N–H and O–H groups in total. The van der Waals surface area contributed by atoms with Crippen LogP contribution in [0.15, 0.2) is 0 Å².